The first-order valence-corrected chi connectivity index (χ1v) is 9.45. The third-order valence-corrected chi connectivity index (χ3v) is 5.29. The lowest BCUT2D eigenvalue weighted by Gasteiger charge is -2.27. The van der Waals surface area contributed by atoms with Crippen LogP contribution in [0.25, 0.3) is 11.0 Å². The van der Waals surface area contributed by atoms with Gasteiger partial charge < -0.3 is 15.2 Å². The molecule has 0 bridgehead atoms. The summed E-state index contributed by atoms with van der Waals surface area (Å²) >= 11 is 1.67. The Hall–Kier alpha value is -2.02. The number of piperazine rings is 1. The minimum Gasteiger partial charge on any atom is -0.336 e. The van der Waals surface area contributed by atoms with Gasteiger partial charge in [0.25, 0.3) is 5.91 Å². The standard InChI is InChI=1S/C19H20N4OS.ClH/c24-18(23-11-9-20-10-12-23)15-7-5-14(6-8-15)13-25-19-21-16-3-1-2-4-17(16)22-19;/h1-8,20H,9-13H2,(H,21,22);1H. The molecule has 0 saturated carbocycles. The van der Waals surface area contributed by atoms with Crippen molar-refractivity contribution in [2.24, 2.45) is 0 Å². The van der Waals surface area contributed by atoms with Crippen molar-refractivity contribution in [1.82, 2.24) is 20.2 Å². The van der Waals surface area contributed by atoms with Gasteiger partial charge in [-0.05, 0) is 29.8 Å². The molecular weight excluding hydrogens is 368 g/mol. The first-order valence-electron chi connectivity index (χ1n) is 8.46. The van der Waals surface area contributed by atoms with E-state index in [1.165, 1.54) is 5.56 Å². The number of carbonyl (C=O) groups is 1. The molecule has 3 aromatic rings. The quantitative estimate of drug-likeness (QED) is 0.673. The van der Waals surface area contributed by atoms with Crippen LogP contribution in [0, 0.1) is 0 Å². The normalized spacial score (nSPS) is 14.2. The summed E-state index contributed by atoms with van der Waals surface area (Å²) in [5.74, 6) is 0.944. The Morgan fingerprint density at radius 1 is 1.08 bits per heavy atom. The summed E-state index contributed by atoms with van der Waals surface area (Å²) in [4.78, 5) is 22.3. The van der Waals surface area contributed by atoms with Crippen molar-refractivity contribution in [3.8, 4) is 0 Å². The molecule has 136 valence electrons. The van der Waals surface area contributed by atoms with Gasteiger partial charge in [-0.15, -0.1) is 12.4 Å². The number of para-hydroxylation sites is 2. The Labute approximate surface area is 163 Å². The second kappa shape index (κ2) is 8.58. The van der Waals surface area contributed by atoms with Gasteiger partial charge in [0.2, 0.25) is 0 Å². The molecule has 26 heavy (non-hydrogen) atoms. The average Bonchev–Trinajstić information content (AvgIpc) is 3.10. The highest BCUT2D eigenvalue weighted by Gasteiger charge is 2.17. The van der Waals surface area contributed by atoms with Crippen LogP contribution in [0.4, 0.5) is 0 Å². The van der Waals surface area contributed by atoms with Gasteiger partial charge in [-0.3, -0.25) is 4.79 Å². The molecule has 0 atom stereocenters. The molecule has 2 N–H and O–H groups in total. The Bertz CT molecular complexity index is 842. The fraction of sp³-hybridized carbons (Fsp3) is 0.263. The summed E-state index contributed by atoms with van der Waals surface area (Å²) in [5, 5.41) is 4.19. The van der Waals surface area contributed by atoms with E-state index in [0.29, 0.717) is 0 Å². The van der Waals surface area contributed by atoms with Gasteiger partial charge in [-0.25, -0.2) is 4.98 Å². The molecule has 5 nitrogen and oxygen atoms in total. The zero-order valence-electron chi connectivity index (χ0n) is 14.3. The molecule has 0 unspecified atom stereocenters. The van der Waals surface area contributed by atoms with E-state index in [2.05, 4.69) is 15.3 Å². The van der Waals surface area contributed by atoms with Gasteiger partial charge in [-0.1, -0.05) is 36.0 Å². The number of benzene rings is 2. The Morgan fingerprint density at radius 2 is 1.81 bits per heavy atom. The molecule has 1 aromatic heterocycles. The van der Waals surface area contributed by atoms with Crippen molar-refractivity contribution >= 4 is 41.1 Å². The van der Waals surface area contributed by atoms with Gasteiger partial charge in [0.05, 0.1) is 11.0 Å². The van der Waals surface area contributed by atoms with Crippen LogP contribution in [0.5, 0.6) is 0 Å². The van der Waals surface area contributed by atoms with Crippen molar-refractivity contribution in [2.45, 2.75) is 10.9 Å². The lowest BCUT2D eigenvalue weighted by atomic mass is 10.1. The van der Waals surface area contributed by atoms with Gasteiger partial charge in [0, 0.05) is 37.5 Å². The maximum Gasteiger partial charge on any atom is 0.253 e. The number of H-pyrrole nitrogens is 1. The Morgan fingerprint density at radius 3 is 2.54 bits per heavy atom. The molecular formula is C19H21ClN4OS. The number of hydrogen-bond donors (Lipinski definition) is 2. The SMILES string of the molecule is Cl.O=C(c1ccc(CSc2nc3ccccc3[nH]2)cc1)N1CCNCC1. The van der Waals surface area contributed by atoms with Crippen LogP contribution in [-0.4, -0.2) is 47.0 Å². The number of nitrogens with zero attached hydrogens (tertiary/aromatic N) is 2. The summed E-state index contributed by atoms with van der Waals surface area (Å²) in [6.45, 7) is 3.31. The third-order valence-electron chi connectivity index (χ3n) is 4.35. The fourth-order valence-electron chi connectivity index (χ4n) is 2.94. The third kappa shape index (κ3) is 4.20. The molecule has 1 amide bonds. The van der Waals surface area contributed by atoms with Crippen LogP contribution in [-0.2, 0) is 5.75 Å². The highest BCUT2D eigenvalue weighted by Crippen LogP contribution is 2.23. The molecule has 0 radical (unpaired) electrons. The monoisotopic (exact) mass is 388 g/mol. The number of rotatable bonds is 4. The van der Waals surface area contributed by atoms with Crippen molar-refractivity contribution in [3.63, 3.8) is 0 Å². The van der Waals surface area contributed by atoms with E-state index in [4.69, 9.17) is 0 Å². The number of aromatic nitrogens is 2. The number of amides is 1. The second-order valence-corrected chi connectivity index (χ2v) is 7.05. The van der Waals surface area contributed by atoms with E-state index in [9.17, 15) is 4.79 Å². The molecule has 0 aliphatic carbocycles. The molecule has 1 aliphatic rings. The number of hydrogen-bond acceptors (Lipinski definition) is 4. The molecule has 4 rings (SSSR count). The summed E-state index contributed by atoms with van der Waals surface area (Å²) in [7, 11) is 0. The van der Waals surface area contributed by atoms with E-state index in [0.717, 1.165) is 53.7 Å². The zero-order chi connectivity index (χ0) is 17.1. The van der Waals surface area contributed by atoms with Gasteiger partial charge in [0.1, 0.15) is 0 Å². The minimum absolute atomic E-state index is 0. The van der Waals surface area contributed by atoms with Crippen LogP contribution < -0.4 is 5.32 Å². The summed E-state index contributed by atoms with van der Waals surface area (Å²) in [6.07, 6.45) is 0. The fourth-order valence-corrected chi connectivity index (χ4v) is 3.78. The summed E-state index contributed by atoms with van der Waals surface area (Å²) < 4.78 is 0. The van der Waals surface area contributed by atoms with E-state index in [1.807, 2.05) is 53.4 Å². The molecule has 7 heteroatoms. The topological polar surface area (TPSA) is 61.0 Å². The van der Waals surface area contributed by atoms with Crippen LogP contribution in [0.2, 0.25) is 0 Å². The van der Waals surface area contributed by atoms with Crippen molar-refractivity contribution in [2.75, 3.05) is 26.2 Å². The van der Waals surface area contributed by atoms with E-state index >= 15 is 0 Å². The number of nitrogens with one attached hydrogen (secondary N) is 2. The predicted octanol–water partition coefficient (Wildman–Crippen LogP) is 3.32. The highest BCUT2D eigenvalue weighted by molar-refractivity contribution is 7.98. The van der Waals surface area contributed by atoms with Crippen molar-refractivity contribution < 1.29 is 4.79 Å². The molecule has 2 heterocycles. The molecule has 2 aromatic carbocycles. The van der Waals surface area contributed by atoms with Gasteiger partial charge in [0.15, 0.2) is 5.16 Å². The second-order valence-electron chi connectivity index (χ2n) is 6.09. The molecule has 1 saturated heterocycles. The van der Waals surface area contributed by atoms with Crippen LogP contribution in [0.15, 0.2) is 53.7 Å². The Balaban J connectivity index is 0.00000196. The first-order chi connectivity index (χ1) is 12.3. The maximum absolute atomic E-state index is 12.5. The van der Waals surface area contributed by atoms with Gasteiger partial charge in [-0.2, -0.15) is 0 Å². The maximum atomic E-state index is 12.5. The van der Waals surface area contributed by atoms with Crippen LogP contribution in [0.3, 0.4) is 0 Å². The summed E-state index contributed by atoms with van der Waals surface area (Å²) in [5.41, 5.74) is 3.99. The number of imidazole rings is 1. The van der Waals surface area contributed by atoms with Crippen molar-refractivity contribution in [1.29, 1.82) is 0 Å². The van der Waals surface area contributed by atoms with Crippen molar-refractivity contribution in [3.05, 3.63) is 59.7 Å². The van der Waals surface area contributed by atoms with Crippen LogP contribution >= 0.6 is 24.2 Å². The Kier molecular flexibility index (Phi) is 6.19. The molecule has 1 fully saturated rings. The molecule has 0 spiro atoms. The number of thioether (sulfide) groups is 1. The molecule has 1 aliphatic heterocycles. The largest absolute Gasteiger partial charge is 0.336 e. The van der Waals surface area contributed by atoms with Crippen LogP contribution in [0.1, 0.15) is 15.9 Å². The number of halogens is 1. The summed E-state index contributed by atoms with van der Waals surface area (Å²) in [6, 6.07) is 16.0. The van der Waals surface area contributed by atoms with Gasteiger partial charge >= 0.3 is 0 Å². The van der Waals surface area contributed by atoms with E-state index in [1.54, 1.807) is 11.8 Å². The lowest BCUT2D eigenvalue weighted by molar-refractivity contribution is 0.0736. The lowest BCUT2D eigenvalue weighted by Crippen LogP contribution is -2.46. The number of aromatic amines is 1. The van der Waals surface area contributed by atoms with E-state index in [-0.39, 0.29) is 18.3 Å². The zero-order valence-corrected chi connectivity index (χ0v) is 15.9. The predicted molar refractivity (Wildman–Crippen MR) is 108 cm³/mol. The van der Waals surface area contributed by atoms with E-state index < -0.39 is 0 Å². The minimum atomic E-state index is 0. The smallest absolute Gasteiger partial charge is 0.253 e. The number of carbonyl (C=O) groups excluding carboxylic acids is 1. The number of fused-ring (bicyclic) bond motifs is 1. The average molecular weight is 389 g/mol. The first kappa shape index (κ1) is 18.8. The highest BCUT2D eigenvalue weighted by atomic mass is 35.5.